The summed E-state index contributed by atoms with van der Waals surface area (Å²) in [5.74, 6) is 1.04. The lowest BCUT2D eigenvalue weighted by Crippen LogP contribution is -2.38. The number of anilines is 2. The molecular formula is C24H25N3O4. The zero-order valence-electron chi connectivity index (χ0n) is 17.9. The molecule has 0 saturated carbocycles. The Morgan fingerprint density at radius 1 is 1.13 bits per heavy atom. The molecule has 2 aromatic carbocycles. The molecule has 4 rings (SSSR count). The summed E-state index contributed by atoms with van der Waals surface area (Å²) >= 11 is 0. The first kappa shape index (κ1) is 20.7. The Morgan fingerprint density at radius 3 is 2.61 bits per heavy atom. The Labute approximate surface area is 181 Å². The lowest BCUT2D eigenvalue weighted by Gasteiger charge is -2.29. The van der Waals surface area contributed by atoms with E-state index in [9.17, 15) is 9.59 Å². The molecule has 0 atom stereocenters. The molecule has 1 aromatic heterocycles. The minimum atomic E-state index is -0.157. The number of benzene rings is 2. The number of aromatic nitrogens is 1. The smallest absolute Gasteiger partial charge is 0.265 e. The van der Waals surface area contributed by atoms with E-state index < -0.39 is 0 Å². The topological polar surface area (TPSA) is 84.7 Å². The van der Waals surface area contributed by atoms with Crippen LogP contribution < -0.4 is 15.0 Å². The van der Waals surface area contributed by atoms with Crippen molar-refractivity contribution < 1.29 is 18.8 Å². The molecule has 1 aliphatic rings. The molecule has 31 heavy (non-hydrogen) atoms. The molecule has 0 bridgehead atoms. The second kappa shape index (κ2) is 8.63. The fourth-order valence-corrected chi connectivity index (χ4v) is 3.58. The Morgan fingerprint density at radius 2 is 1.90 bits per heavy atom. The molecule has 0 unspecified atom stereocenters. The van der Waals surface area contributed by atoms with Gasteiger partial charge in [0.1, 0.15) is 11.5 Å². The van der Waals surface area contributed by atoms with Crippen LogP contribution in [0.1, 0.15) is 34.6 Å². The number of nitrogens with one attached hydrogen (secondary N) is 1. The van der Waals surface area contributed by atoms with Gasteiger partial charge in [-0.05, 0) is 51.0 Å². The van der Waals surface area contributed by atoms with Gasteiger partial charge in [-0.1, -0.05) is 35.0 Å². The summed E-state index contributed by atoms with van der Waals surface area (Å²) in [6.45, 7) is 6.02. The van der Waals surface area contributed by atoms with E-state index in [1.54, 1.807) is 23.1 Å². The van der Waals surface area contributed by atoms with Gasteiger partial charge in [0.2, 0.25) is 5.91 Å². The van der Waals surface area contributed by atoms with E-state index in [4.69, 9.17) is 9.26 Å². The summed E-state index contributed by atoms with van der Waals surface area (Å²) in [5, 5.41) is 6.90. The summed E-state index contributed by atoms with van der Waals surface area (Å²) in [7, 11) is 0. The predicted octanol–water partition coefficient (Wildman–Crippen LogP) is 4.10. The zero-order valence-corrected chi connectivity index (χ0v) is 17.9. The number of carbonyl (C=O) groups is 2. The average Bonchev–Trinajstić information content (AvgIpc) is 3.07. The van der Waals surface area contributed by atoms with Crippen molar-refractivity contribution >= 4 is 23.2 Å². The Bertz CT molecular complexity index is 1100. The molecule has 0 aliphatic carbocycles. The van der Waals surface area contributed by atoms with E-state index in [-0.39, 0.29) is 18.4 Å². The van der Waals surface area contributed by atoms with Gasteiger partial charge in [-0.2, -0.15) is 0 Å². The average molecular weight is 419 g/mol. The van der Waals surface area contributed by atoms with Crippen LogP contribution in [0, 0.1) is 20.8 Å². The quantitative estimate of drug-likeness (QED) is 0.650. The van der Waals surface area contributed by atoms with Gasteiger partial charge in [-0.3, -0.25) is 9.59 Å². The molecule has 0 fully saturated rings. The number of hydrogen-bond acceptors (Lipinski definition) is 5. The van der Waals surface area contributed by atoms with E-state index in [1.807, 2.05) is 45.0 Å². The summed E-state index contributed by atoms with van der Waals surface area (Å²) < 4.78 is 10.8. The highest BCUT2D eigenvalue weighted by molar-refractivity contribution is 5.99. The third kappa shape index (κ3) is 4.60. The number of aryl methyl sites for hydroxylation is 4. The lowest BCUT2D eigenvalue weighted by atomic mass is 10.1. The predicted molar refractivity (Wildman–Crippen MR) is 117 cm³/mol. The molecule has 1 aliphatic heterocycles. The maximum Gasteiger partial charge on any atom is 0.265 e. The van der Waals surface area contributed by atoms with E-state index in [1.165, 1.54) is 5.56 Å². The van der Waals surface area contributed by atoms with Crippen LogP contribution in [-0.4, -0.2) is 23.6 Å². The first-order chi connectivity index (χ1) is 14.9. The Kier molecular flexibility index (Phi) is 5.75. The van der Waals surface area contributed by atoms with Crippen LogP contribution >= 0.6 is 0 Å². The van der Waals surface area contributed by atoms with Gasteiger partial charge in [0.25, 0.3) is 5.91 Å². The van der Waals surface area contributed by atoms with Crippen molar-refractivity contribution in [3.05, 3.63) is 70.6 Å². The van der Waals surface area contributed by atoms with E-state index >= 15 is 0 Å². The van der Waals surface area contributed by atoms with Gasteiger partial charge in [0, 0.05) is 17.7 Å². The summed E-state index contributed by atoms with van der Waals surface area (Å²) in [4.78, 5) is 26.7. The van der Waals surface area contributed by atoms with Crippen molar-refractivity contribution in [1.82, 2.24) is 5.16 Å². The van der Waals surface area contributed by atoms with Crippen molar-refractivity contribution in [2.24, 2.45) is 0 Å². The first-order valence-corrected chi connectivity index (χ1v) is 10.2. The lowest BCUT2D eigenvalue weighted by molar-refractivity contribution is -0.121. The van der Waals surface area contributed by atoms with E-state index in [2.05, 4.69) is 10.5 Å². The third-order valence-electron chi connectivity index (χ3n) is 5.44. The summed E-state index contributed by atoms with van der Waals surface area (Å²) in [5.41, 5.74) is 5.17. The summed E-state index contributed by atoms with van der Waals surface area (Å²) in [6, 6.07) is 13.5. The molecule has 7 heteroatoms. The zero-order chi connectivity index (χ0) is 22.0. The summed E-state index contributed by atoms with van der Waals surface area (Å²) in [6.07, 6.45) is 1.04. The van der Waals surface area contributed by atoms with Crippen LogP contribution in [0.5, 0.6) is 5.75 Å². The molecule has 1 N–H and O–H groups in total. The van der Waals surface area contributed by atoms with Crippen LogP contribution in [0.3, 0.4) is 0 Å². The minimum Gasteiger partial charge on any atom is -0.482 e. The maximum absolute atomic E-state index is 12.6. The molecule has 0 saturated heterocycles. The SMILES string of the molecule is Cc1ccc(CCC(=O)Nc2ccc3c(c2)N(Cc2c(C)noc2C)C(=O)CO3)cc1. The van der Waals surface area contributed by atoms with E-state index in [0.717, 1.165) is 16.8 Å². The fourth-order valence-electron chi connectivity index (χ4n) is 3.58. The number of fused-ring (bicyclic) bond motifs is 1. The molecule has 2 amide bonds. The van der Waals surface area contributed by atoms with Gasteiger partial charge < -0.3 is 19.5 Å². The molecule has 7 nitrogen and oxygen atoms in total. The van der Waals surface area contributed by atoms with Crippen molar-refractivity contribution in [3.8, 4) is 5.75 Å². The molecule has 0 spiro atoms. The number of hydrogen-bond donors (Lipinski definition) is 1. The Balaban J connectivity index is 1.48. The maximum atomic E-state index is 12.6. The van der Waals surface area contributed by atoms with Crippen molar-refractivity contribution in [2.75, 3.05) is 16.8 Å². The highest BCUT2D eigenvalue weighted by atomic mass is 16.5. The normalized spacial score (nSPS) is 13.0. The van der Waals surface area contributed by atoms with Crippen LogP contribution in [0.15, 0.2) is 47.0 Å². The fraction of sp³-hybridized carbons (Fsp3) is 0.292. The van der Waals surface area contributed by atoms with E-state index in [0.29, 0.717) is 42.3 Å². The number of rotatable bonds is 6. The molecular weight excluding hydrogens is 394 g/mol. The van der Waals surface area contributed by atoms with Gasteiger partial charge in [-0.15, -0.1) is 0 Å². The second-order valence-corrected chi connectivity index (χ2v) is 7.79. The number of ether oxygens (including phenoxy) is 1. The minimum absolute atomic E-state index is 0.0291. The van der Waals surface area contributed by atoms with Gasteiger partial charge in [0.05, 0.1) is 17.9 Å². The van der Waals surface area contributed by atoms with Gasteiger partial charge >= 0.3 is 0 Å². The second-order valence-electron chi connectivity index (χ2n) is 7.79. The molecule has 160 valence electrons. The number of nitrogens with zero attached hydrogens (tertiary/aromatic N) is 2. The van der Waals surface area contributed by atoms with Crippen molar-refractivity contribution in [1.29, 1.82) is 0 Å². The van der Waals surface area contributed by atoms with Gasteiger partial charge in [0.15, 0.2) is 6.61 Å². The molecule has 0 radical (unpaired) electrons. The highest BCUT2D eigenvalue weighted by Gasteiger charge is 2.28. The number of carbonyl (C=O) groups excluding carboxylic acids is 2. The molecule has 2 heterocycles. The van der Waals surface area contributed by atoms with Crippen molar-refractivity contribution in [2.45, 2.75) is 40.2 Å². The largest absolute Gasteiger partial charge is 0.482 e. The number of amides is 2. The third-order valence-corrected chi connectivity index (χ3v) is 5.44. The first-order valence-electron chi connectivity index (χ1n) is 10.2. The van der Waals surface area contributed by atoms with Gasteiger partial charge in [-0.25, -0.2) is 0 Å². The van der Waals surface area contributed by atoms with Crippen LogP contribution in [0.2, 0.25) is 0 Å². The molecule has 3 aromatic rings. The van der Waals surface area contributed by atoms with Crippen molar-refractivity contribution in [3.63, 3.8) is 0 Å². The van der Waals surface area contributed by atoms with Crippen LogP contribution in [0.4, 0.5) is 11.4 Å². The standard InChI is InChI=1S/C24H25N3O4/c1-15-4-6-18(7-5-15)8-11-23(28)25-19-9-10-22-21(12-19)27(24(29)14-30-22)13-20-16(2)26-31-17(20)3/h4-7,9-10,12H,8,11,13-14H2,1-3H3,(H,25,28). The monoisotopic (exact) mass is 419 g/mol. The highest BCUT2D eigenvalue weighted by Crippen LogP contribution is 2.36. The Hall–Kier alpha value is -3.61. The van der Waals surface area contributed by atoms with Crippen LogP contribution in [-0.2, 0) is 22.6 Å². The van der Waals surface area contributed by atoms with Crippen LogP contribution in [0.25, 0.3) is 0 Å².